The molecule has 0 radical (unpaired) electrons. The van der Waals surface area contributed by atoms with Crippen LogP contribution in [0.4, 0.5) is 0 Å². The molecule has 0 bridgehead atoms. The third-order valence-corrected chi connectivity index (χ3v) is 3.42. The van der Waals surface area contributed by atoms with Crippen LogP contribution in [0.15, 0.2) is 24.3 Å². The van der Waals surface area contributed by atoms with Crippen LogP contribution in [0, 0.1) is 0 Å². The molecule has 1 saturated heterocycles. The molecule has 1 aliphatic heterocycles. The summed E-state index contributed by atoms with van der Waals surface area (Å²) < 4.78 is 10.6. The summed E-state index contributed by atoms with van der Waals surface area (Å²) in [5.41, 5.74) is 0. The average molecular weight is 314 g/mol. The van der Waals surface area contributed by atoms with Gasteiger partial charge in [-0.2, -0.15) is 0 Å². The number of ether oxygens (including phenoxy) is 2. The Morgan fingerprint density at radius 2 is 2.10 bits per heavy atom. The van der Waals surface area contributed by atoms with Crippen molar-refractivity contribution in [2.75, 3.05) is 19.8 Å². The minimum Gasteiger partial charge on any atom is -0.481 e. The van der Waals surface area contributed by atoms with Crippen molar-refractivity contribution in [1.82, 2.24) is 4.90 Å². The van der Waals surface area contributed by atoms with E-state index in [2.05, 4.69) is 0 Å². The van der Waals surface area contributed by atoms with Crippen LogP contribution in [0.5, 0.6) is 5.75 Å². The maximum absolute atomic E-state index is 12.3. The fraction of sp³-hybridized carbons (Fsp3) is 0.429. The van der Waals surface area contributed by atoms with Crippen LogP contribution in [0.1, 0.15) is 6.92 Å². The van der Waals surface area contributed by atoms with Gasteiger partial charge in [0.2, 0.25) is 0 Å². The van der Waals surface area contributed by atoms with E-state index in [0.29, 0.717) is 17.4 Å². The van der Waals surface area contributed by atoms with Gasteiger partial charge in [-0.05, 0) is 31.2 Å². The Bertz CT molecular complexity index is 519. The van der Waals surface area contributed by atoms with E-state index < -0.39 is 18.1 Å². The van der Waals surface area contributed by atoms with Gasteiger partial charge in [0.15, 0.2) is 12.1 Å². The first-order valence-electron chi connectivity index (χ1n) is 6.52. The summed E-state index contributed by atoms with van der Waals surface area (Å²) in [4.78, 5) is 24.8. The van der Waals surface area contributed by atoms with Gasteiger partial charge in [0, 0.05) is 11.6 Å². The molecule has 1 aliphatic rings. The van der Waals surface area contributed by atoms with E-state index in [9.17, 15) is 9.59 Å². The highest BCUT2D eigenvalue weighted by Crippen LogP contribution is 2.18. The van der Waals surface area contributed by atoms with Crippen molar-refractivity contribution in [2.24, 2.45) is 0 Å². The molecule has 114 valence electrons. The van der Waals surface area contributed by atoms with Crippen LogP contribution >= 0.6 is 11.6 Å². The molecule has 1 heterocycles. The highest BCUT2D eigenvalue weighted by molar-refractivity contribution is 6.30. The lowest BCUT2D eigenvalue weighted by Gasteiger charge is -2.34. The van der Waals surface area contributed by atoms with Gasteiger partial charge in [-0.25, -0.2) is 4.79 Å². The Morgan fingerprint density at radius 1 is 1.43 bits per heavy atom. The van der Waals surface area contributed by atoms with Crippen molar-refractivity contribution < 1.29 is 24.2 Å². The summed E-state index contributed by atoms with van der Waals surface area (Å²) >= 11 is 5.78. The van der Waals surface area contributed by atoms with Crippen molar-refractivity contribution in [3.8, 4) is 5.75 Å². The molecule has 0 aromatic heterocycles. The Morgan fingerprint density at radius 3 is 2.71 bits per heavy atom. The Hall–Kier alpha value is -1.79. The van der Waals surface area contributed by atoms with Gasteiger partial charge in [-0.15, -0.1) is 0 Å². The molecule has 1 amide bonds. The number of carboxylic acids is 1. The van der Waals surface area contributed by atoms with E-state index >= 15 is 0 Å². The van der Waals surface area contributed by atoms with Gasteiger partial charge in [0.25, 0.3) is 5.91 Å². The first-order valence-corrected chi connectivity index (χ1v) is 6.90. The molecular weight excluding hydrogens is 298 g/mol. The fourth-order valence-electron chi connectivity index (χ4n) is 2.07. The molecule has 1 fully saturated rings. The lowest BCUT2D eigenvalue weighted by Crippen LogP contribution is -2.55. The number of aliphatic carboxylic acids is 1. The van der Waals surface area contributed by atoms with E-state index in [1.54, 1.807) is 31.2 Å². The molecule has 0 spiro atoms. The number of benzene rings is 1. The van der Waals surface area contributed by atoms with Gasteiger partial charge in [0.1, 0.15) is 5.75 Å². The van der Waals surface area contributed by atoms with E-state index in [1.807, 2.05) is 0 Å². The number of nitrogens with zero attached hydrogens (tertiary/aromatic N) is 1. The number of rotatable bonds is 4. The predicted octanol–water partition coefficient (Wildman–Crippen LogP) is 1.42. The molecule has 1 N–H and O–H groups in total. The highest BCUT2D eigenvalue weighted by atomic mass is 35.5. The van der Waals surface area contributed by atoms with Crippen LogP contribution < -0.4 is 4.74 Å². The highest BCUT2D eigenvalue weighted by Gasteiger charge is 2.35. The number of carboxylic acid groups (broad SMARTS) is 1. The van der Waals surface area contributed by atoms with E-state index in [4.69, 9.17) is 26.2 Å². The quantitative estimate of drug-likeness (QED) is 0.910. The Balaban J connectivity index is 2.03. The largest absolute Gasteiger partial charge is 0.481 e. The topological polar surface area (TPSA) is 76.1 Å². The maximum Gasteiger partial charge on any atom is 0.328 e. The van der Waals surface area contributed by atoms with Crippen LogP contribution in [0.25, 0.3) is 0 Å². The lowest BCUT2D eigenvalue weighted by atomic mass is 10.2. The number of hydrogen-bond acceptors (Lipinski definition) is 4. The second-order valence-corrected chi connectivity index (χ2v) is 5.11. The van der Waals surface area contributed by atoms with Crippen LogP contribution in [0.3, 0.4) is 0 Å². The zero-order chi connectivity index (χ0) is 15.4. The number of hydrogen-bond donors (Lipinski definition) is 1. The Labute approximate surface area is 127 Å². The smallest absolute Gasteiger partial charge is 0.328 e. The predicted molar refractivity (Wildman–Crippen MR) is 75.5 cm³/mol. The molecule has 1 aromatic carbocycles. The van der Waals surface area contributed by atoms with Gasteiger partial charge in [0.05, 0.1) is 13.2 Å². The first-order chi connectivity index (χ1) is 9.99. The van der Waals surface area contributed by atoms with Gasteiger partial charge in [-0.3, -0.25) is 4.79 Å². The molecule has 0 aliphatic carbocycles. The summed E-state index contributed by atoms with van der Waals surface area (Å²) in [5.74, 6) is -0.956. The third kappa shape index (κ3) is 3.86. The molecule has 2 atom stereocenters. The van der Waals surface area contributed by atoms with E-state index in [1.165, 1.54) is 4.90 Å². The zero-order valence-electron chi connectivity index (χ0n) is 11.5. The summed E-state index contributed by atoms with van der Waals surface area (Å²) in [6, 6.07) is 5.65. The van der Waals surface area contributed by atoms with Crippen LogP contribution in [-0.2, 0) is 14.3 Å². The lowest BCUT2D eigenvalue weighted by molar-refractivity contribution is -0.161. The van der Waals surface area contributed by atoms with Crippen molar-refractivity contribution in [3.05, 3.63) is 29.3 Å². The summed E-state index contributed by atoms with van der Waals surface area (Å²) in [6.45, 7) is 2.15. The normalized spacial score (nSPS) is 19.9. The van der Waals surface area contributed by atoms with E-state index in [-0.39, 0.29) is 19.1 Å². The minimum atomic E-state index is -1.08. The fourth-order valence-corrected chi connectivity index (χ4v) is 2.20. The number of carbonyl (C=O) groups is 2. The van der Waals surface area contributed by atoms with Gasteiger partial charge >= 0.3 is 5.97 Å². The molecule has 6 nitrogen and oxygen atoms in total. The first kappa shape index (κ1) is 15.6. The molecule has 7 heteroatoms. The number of carbonyl (C=O) groups excluding carboxylic acids is 1. The number of halogens is 1. The molecule has 0 saturated carbocycles. The summed E-state index contributed by atoms with van der Waals surface area (Å²) in [6.07, 6.45) is -0.786. The second kappa shape index (κ2) is 6.78. The molecule has 21 heavy (non-hydrogen) atoms. The minimum absolute atomic E-state index is 0.00522. The molecule has 1 aromatic rings. The van der Waals surface area contributed by atoms with Gasteiger partial charge < -0.3 is 19.5 Å². The van der Waals surface area contributed by atoms with E-state index in [0.717, 1.165) is 0 Å². The second-order valence-electron chi connectivity index (χ2n) is 4.67. The maximum atomic E-state index is 12.3. The van der Waals surface area contributed by atoms with Crippen molar-refractivity contribution in [2.45, 2.75) is 19.1 Å². The number of amides is 1. The molecular formula is C14H16ClNO5. The monoisotopic (exact) mass is 313 g/mol. The molecule has 2 rings (SSSR count). The number of morpholine rings is 1. The average Bonchev–Trinajstić information content (AvgIpc) is 2.48. The SMILES string of the molecule is CC(Oc1ccc(Cl)cc1)C(=O)N1CCOCC1C(=O)O. The van der Waals surface area contributed by atoms with Crippen LogP contribution in [0.2, 0.25) is 5.02 Å². The van der Waals surface area contributed by atoms with Crippen molar-refractivity contribution >= 4 is 23.5 Å². The van der Waals surface area contributed by atoms with Crippen LogP contribution in [-0.4, -0.2) is 53.8 Å². The standard InChI is InChI=1S/C14H16ClNO5/c1-9(21-11-4-2-10(15)3-5-11)13(17)16-6-7-20-8-12(16)14(18)19/h2-5,9,12H,6-8H2,1H3,(H,18,19). The zero-order valence-corrected chi connectivity index (χ0v) is 12.2. The Kier molecular flexibility index (Phi) is 5.03. The third-order valence-electron chi connectivity index (χ3n) is 3.17. The van der Waals surface area contributed by atoms with Crippen molar-refractivity contribution in [3.63, 3.8) is 0 Å². The van der Waals surface area contributed by atoms with Gasteiger partial charge in [-0.1, -0.05) is 11.6 Å². The molecule has 2 unspecified atom stereocenters. The summed E-state index contributed by atoms with van der Waals surface area (Å²) in [5, 5.41) is 9.70. The summed E-state index contributed by atoms with van der Waals surface area (Å²) in [7, 11) is 0. The van der Waals surface area contributed by atoms with Crippen molar-refractivity contribution in [1.29, 1.82) is 0 Å².